The van der Waals surface area contributed by atoms with Crippen molar-refractivity contribution in [2.45, 2.75) is 13.8 Å². The van der Waals surface area contributed by atoms with E-state index in [4.69, 9.17) is 16.3 Å². The lowest BCUT2D eigenvalue weighted by Gasteiger charge is -2.38. The number of benzene rings is 2. The van der Waals surface area contributed by atoms with Crippen LogP contribution in [0.1, 0.15) is 23.0 Å². The van der Waals surface area contributed by atoms with Gasteiger partial charge in [-0.25, -0.2) is 4.79 Å². The summed E-state index contributed by atoms with van der Waals surface area (Å²) in [5.74, 6) is -0.545. The number of hydrogen-bond donors (Lipinski definition) is 0. The van der Waals surface area contributed by atoms with Crippen molar-refractivity contribution in [2.24, 2.45) is 0 Å². The highest BCUT2D eigenvalue weighted by Crippen LogP contribution is 2.28. The molecule has 0 aliphatic carbocycles. The number of ether oxygens (including phenoxy) is 1. The summed E-state index contributed by atoms with van der Waals surface area (Å²) >= 11 is 6.35. The quantitative estimate of drug-likeness (QED) is 0.550. The van der Waals surface area contributed by atoms with Gasteiger partial charge in [0, 0.05) is 32.2 Å². The molecular formula is C24H25ClN4O3. The SMILES string of the molecule is CCOC(=O)c1nn(-c2ccc(C)cc2)c(=O)cc1N1CCN(c2ccccc2Cl)CC1. The van der Waals surface area contributed by atoms with Gasteiger partial charge in [-0.2, -0.15) is 9.78 Å². The van der Waals surface area contributed by atoms with Crippen molar-refractivity contribution in [3.63, 3.8) is 0 Å². The molecule has 2 heterocycles. The number of carbonyl (C=O) groups excluding carboxylic acids is 1. The summed E-state index contributed by atoms with van der Waals surface area (Å²) in [5.41, 5.74) is 2.98. The molecule has 1 fully saturated rings. The number of halogens is 1. The summed E-state index contributed by atoms with van der Waals surface area (Å²) < 4.78 is 6.49. The average Bonchev–Trinajstić information content (AvgIpc) is 2.80. The second-order valence-corrected chi connectivity index (χ2v) is 8.02. The summed E-state index contributed by atoms with van der Waals surface area (Å²) in [7, 11) is 0. The van der Waals surface area contributed by atoms with Gasteiger partial charge < -0.3 is 14.5 Å². The van der Waals surface area contributed by atoms with Crippen LogP contribution in [0.25, 0.3) is 5.69 Å². The Morgan fingerprint density at radius 3 is 2.25 bits per heavy atom. The molecule has 0 radical (unpaired) electrons. The van der Waals surface area contributed by atoms with E-state index in [0.29, 0.717) is 42.6 Å². The number of rotatable bonds is 5. The Hall–Kier alpha value is -3.32. The van der Waals surface area contributed by atoms with E-state index >= 15 is 0 Å². The van der Waals surface area contributed by atoms with Gasteiger partial charge in [0.15, 0.2) is 5.69 Å². The molecule has 1 aliphatic heterocycles. The lowest BCUT2D eigenvalue weighted by molar-refractivity contribution is 0.0518. The van der Waals surface area contributed by atoms with Crippen LogP contribution in [0.5, 0.6) is 0 Å². The lowest BCUT2D eigenvalue weighted by atomic mass is 10.2. The Morgan fingerprint density at radius 1 is 1.00 bits per heavy atom. The van der Waals surface area contributed by atoms with Crippen LogP contribution in [-0.2, 0) is 4.74 Å². The molecule has 4 rings (SSSR count). The maximum Gasteiger partial charge on any atom is 0.360 e. The highest BCUT2D eigenvalue weighted by atomic mass is 35.5. The molecule has 1 aliphatic rings. The van der Waals surface area contributed by atoms with Gasteiger partial charge in [0.05, 0.1) is 28.7 Å². The summed E-state index contributed by atoms with van der Waals surface area (Å²) in [6.45, 7) is 6.58. The van der Waals surface area contributed by atoms with Crippen LogP contribution in [0.3, 0.4) is 0 Å². The first-order chi connectivity index (χ1) is 15.5. The van der Waals surface area contributed by atoms with Gasteiger partial charge in [0.2, 0.25) is 0 Å². The number of carbonyl (C=O) groups is 1. The molecular weight excluding hydrogens is 428 g/mol. The van der Waals surface area contributed by atoms with Crippen LogP contribution in [-0.4, -0.2) is 48.5 Å². The third kappa shape index (κ3) is 4.48. The zero-order valence-corrected chi connectivity index (χ0v) is 18.9. The molecule has 0 bridgehead atoms. The number of esters is 1. The molecule has 3 aromatic rings. The van der Waals surface area contributed by atoms with Crippen molar-refractivity contribution in [1.82, 2.24) is 9.78 Å². The number of hydrogen-bond acceptors (Lipinski definition) is 6. The molecule has 0 N–H and O–H groups in total. The molecule has 7 nitrogen and oxygen atoms in total. The zero-order chi connectivity index (χ0) is 22.7. The van der Waals surface area contributed by atoms with Gasteiger partial charge in [0.1, 0.15) is 0 Å². The van der Waals surface area contributed by atoms with E-state index in [-0.39, 0.29) is 17.9 Å². The van der Waals surface area contributed by atoms with Crippen LogP contribution >= 0.6 is 11.6 Å². The topological polar surface area (TPSA) is 67.7 Å². The minimum absolute atomic E-state index is 0.137. The van der Waals surface area contributed by atoms with Gasteiger partial charge >= 0.3 is 5.97 Å². The van der Waals surface area contributed by atoms with E-state index < -0.39 is 5.97 Å². The molecule has 2 aromatic carbocycles. The first-order valence-corrected chi connectivity index (χ1v) is 11.0. The van der Waals surface area contributed by atoms with Crippen molar-refractivity contribution >= 4 is 28.9 Å². The van der Waals surface area contributed by atoms with Crippen LogP contribution in [0, 0.1) is 6.92 Å². The van der Waals surface area contributed by atoms with Gasteiger partial charge in [-0.05, 0) is 38.1 Å². The van der Waals surface area contributed by atoms with Crippen LogP contribution < -0.4 is 15.4 Å². The monoisotopic (exact) mass is 452 g/mol. The summed E-state index contributed by atoms with van der Waals surface area (Å²) in [4.78, 5) is 29.9. The normalized spacial score (nSPS) is 13.8. The molecule has 1 saturated heterocycles. The van der Waals surface area contributed by atoms with Gasteiger partial charge in [0.25, 0.3) is 5.56 Å². The fourth-order valence-electron chi connectivity index (χ4n) is 3.80. The Kier molecular flexibility index (Phi) is 6.46. The maximum atomic E-state index is 12.9. The minimum Gasteiger partial charge on any atom is -0.461 e. The van der Waals surface area contributed by atoms with Gasteiger partial charge in [-0.15, -0.1) is 0 Å². The van der Waals surface area contributed by atoms with E-state index in [2.05, 4.69) is 10.00 Å². The van der Waals surface area contributed by atoms with Gasteiger partial charge in [-0.1, -0.05) is 41.4 Å². The van der Waals surface area contributed by atoms with E-state index in [1.165, 1.54) is 10.7 Å². The summed E-state index contributed by atoms with van der Waals surface area (Å²) in [6.07, 6.45) is 0. The van der Waals surface area contributed by atoms with Gasteiger partial charge in [-0.3, -0.25) is 4.79 Å². The lowest BCUT2D eigenvalue weighted by Crippen LogP contribution is -2.47. The molecule has 0 amide bonds. The molecule has 0 atom stereocenters. The summed E-state index contributed by atoms with van der Waals surface area (Å²) in [6, 6.07) is 16.6. The first-order valence-electron chi connectivity index (χ1n) is 10.6. The molecule has 1 aromatic heterocycles. The average molecular weight is 453 g/mol. The number of aromatic nitrogens is 2. The van der Waals surface area contributed by atoms with Crippen molar-refractivity contribution in [3.05, 3.63) is 81.2 Å². The number of aryl methyl sites for hydroxylation is 1. The molecule has 0 spiro atoms. The molecule has 32 heavy (non-hydrogen) atoms. The first kappa shape index (κ1) is 21.9. The largest absolute Gasteiger partial charge is 0.461 e. The third-order valence-electron chi connectivity index (χ3n) is 5.47. The predicted octanol–water partition coefficient (Wildman–Crippen LogP) is 3.70. The van der Waals surface area contributed by atoms with E-state index in [0.717, 1.165) is 11.3 Å². The van der Waals surface area contributed by atoms with Crippen molar-refractivity contribution in [3.8, 4) is 5.69 Å². The second-order valence-electron chi connectivity index (χ2n) is 7.61. The fraction of sp³-hybridized carbons (Fsp3) is 0.292. The number of nitrogens with zero attached hydrogens (tertiary/aromatic N) is 4. The molecule has 0 saturated carbocycles. The van der Waals surface area contributed by atoms with Crippen molar-refractivity contribution in [2.75, 3.05) is 42.6 Å². The smallest absolute Gasteiger partial charge is 0.360 e. The number of anilines is 2. The predicted molar refractivity (Wildman–Crippen MR) is 126 cm³/mol. The molecule has 166 valence electrons. The van der Waals surface area contributed by atoms with Crippen LogP contribution in [0.4, 0.5) is 11.4 Å². The highest BCUT2D eigenvalue weighted by molar-refractivity contribution is 6.33. The highest BCUT2D eigenvalue weighted by Gasteiger charge is 2.26. The second kappa shape index (κ2) is 9.44. The number of para-hydroxylation sites is 1. The summed E-state index contributed by atoms with van der Waals surface area (Å²) in [5, 5.41) is 5.11. The zero-order valence-electron chi connectivity index (χ0n) is 18.1. The Morgan fingerprint density at radius 2 is 1.62 bits per heavy atom. The molecule has 8 heteroatoms. The standard InChI is InChI=1S/C24H25ClN4O3/c1-3-32-24(31)23-21(16-22(30)29(26-23)18-10-8-17(2)9-11-18)28-14-12-27(13-15-28)20-7-5-4-6-19(20)25/h4-11,16H,3,12-15H2,1-2H3. The van der Waals surface area contributed by atoms with Crippen LogP contribution in [0.2, 0.25) is 5.02 Å². The Balaban J connectivity index is 1.65. The van der Waals surface area contributed by atoms with Crippen molar-refractivity contribution < 1.29 is 9.53 Å². The van der Waals surface area contributed by atoms with Crippen molar-refractivity contribution in [1.29, 1.82) is 0 Å². The number of piperazine rings is 1. The maximum absolute atomic E-state index is 12.9. The van der Waals surface area contributed by atoms with Crippen LogP contribution in [0.15, 0.2) is 59.4 Å². The Labute approximate surface area is 191 Å². The van der Waals surface area contributed by atoms with E-state index in [9.17, 15) is 9.59 Å². The fourth-order valence-corrected chi connectivity index (χ4v) is 4.06. The third-order valence-corrected chi connectivity index (χ3v) is 5.79. The molecule has 0 unspecified atom stereocenters. The Bertz CT molecular complexity index is 1170. The van der Waals surface area contributed by atoms with E-state index in [1.807, 2.05) is 48.2 Å². The minimum atomic E-state index is -0.545. The van der Waals surface area contributed by atoms with E-state index in [1.54, 1.807) is 19.1 Å².